The number of hydrogen-bond donors (Lipinski definition) is 1. The molecule has 0 bridgehead atoms. The van der Waals surface area contributed by atoms with E-state index in [0.29, 0.717) is 32.1 Å². The topological polar surface area (TPSA) is 115 Å². The molecule has 4 rings (SSSR count). The van der Waals surface area contributed by atoms with Gasteiger partial charge in [0.05, 0.1) is 39.5 Å². The number of methoxy groups -OCH3 is 1. The number of amides is 1. The Kier molecular flexibility index (Phi) is 10.5. The smallest absolute Gasteiger partial charge is 0.248 e. The summed E-state index contributed by atoms with van der Waals surface area (Å²) in [5.41, 5.74) is -0.231. The number of nitrogens with one attached hydrogen (secondary N) is 1. The first kappa shape index (κ1) is 32.2. The highest BCUT2D eigenvalue weighted by molar-refractivity contribution is 5.97. The number of alkyl halides is 2. The van der Waals surface area contributed by atoms with Gasteiger partial charge in [0.1, 0.15) is 17.1 Å². The Morgan fingerprint density at radius 2 is 1.74 bits per heavy atom. The first-order valence-corrected chi connectivity index (χ1v) is 14.7. The standard InChI is InChI=1S/C31H42F2N2O7/c1-20(12-24(36)18-35-8-10-41-11-9-35)29(39)34-26(14-21-4-6-25(40-3)7-5-21)27(37)15-23(28(38)30(2)19-42-30)13-22-16-31(32,33)17-22/h4-7,20,22-23,26H,8-19H2,1-3H3,(H,34,39)/t20-,23-,26+,30-/m1/s1. The van der Waals surface area contributed by atoms with Crippen LogP contribution >= 0.6 is 0 Å². The minimum atomic E-state index is -2.73. The largest absolute Gasteiger partial charge is 0.497 e. The molecule has 0 aromatic heterocycles. The molecule has 3 fully saturated rings. The number of rotatable bonds is 16. The minimum absolute atomic E-state index is 0.0271. The van der Waals surface area contributed by atoms with Crippen LogP contribution in [0.1, 0.15) is 51.5 Å². The van der Waals surface area contributed by atoms with Gasteiger partial charge in [-0.2, -0.15) is 0 Å². The van der Waals surface area contributed by atoms with Crippen molar-refractivity contribution in [1.82, 2.24) is 10.2 Å². The Morgan fingerprint density at radius 1 is 1.10 bits per heavy atom. The molecule has 1 aromatic rings. The molecule has 0 unspecified atom stereocenters. The lowest BCUT2D eigenvalue weighted by atomic mass is 9.72. The summed E-state index contributed by atoms with van der Waals surface area (Å²) < 4.78 is 43.0. The van der Waals surface area contributed by atoms with E-state index in [-0.39, 0.29) is 74.9 Å². The molecule has 1 amide bonds. The number of ether oxygens (including phenoxy) is 3. The second kappa shape index (κ2) is 13.7. The van der Waals surface area contributed by atoms with Crippen LogP contribution in [0.2, 0.25) is 0 Å². The van der Waals surface area contributed by atoms with Gasteiger partial charge in [-0.1, -0.05) is 19.1 Å². The van der Waals surface area contributed by atoms with Crippen LogP contribution in [0.4, 0.5) is 8.78 Å². The van der Waals surface area contributed by atoms with E-state index in [4.69, 9.17) is 14.2 Å². The number of ketones is 3. The van der Waals surface area contributed by atoms with E-state index in [0.717, 1.165) is 5.56 Å². The monoisotopic (exact) mass is 592 g/mol. The predicted octanol–water partition coefficient (Wildman–Crippen LogP) is 3.02. The molecule has 4 atom stereocenters. The van der Waals surface area contributed by atoms with Gasteiger partial charge in [0.15, 0.2) is 11.6 Å². The lowest BCUT2D eigenvalue weighted by molar-refractivity contribution is -0.139. The molecular formula is C31H42F2N2O7. The maximum Gasteiger partial charge on any atom is 0.248 e. The molecule has 1 aromatic carbocycles. The van der Waals surface area contributed by atoms with E-state index in [1.165, 1.54) is 0 Å². The Hall–Kier alpha value is -2.76. The Balaban J connectivity index is 1.43. The number of carbonyl (C=O) groups is 4. The van der Waals surface area contributed by atoms with Gasteiger partial charge in [0, 0.05) is 50.6 Å². The third-order valence-corrected chi connectivity index (χ3v) is 8.50. The number of hydrogen-bond acceptors (Lipinski definition) is 8. The van der Waals surface area contributed by atoms with Crippen LogP contribution in [0.3, 0.4) is 0 Å². The minimum Gasteiger partial charge on any atom is -0.497 e. The zero-order chi connectivity index (χ0) is 30.5. The number of morpholine rings is 1. The number of Topliss-reactive ketones (excluding diaryl/α,β-unsaturated/α-hetero) is 3. The van der Waals surface area contributed by atoms with Crippen LogP contribution in [-0.4, -0.2) is 92.3 Å². The highest BCUT2D eigenvalue weighted by Crippen LogP contribution is 2.46. The second-order valence-electron chi connectivity index (χ2n) is 12.3. The second-order valence-corrected chi connectivity index (χ2v) is 12.3. The fourth-order valence-corrected chi connectivity index (χ4v) is 5.77. The van der Waals surface area contributed by atoms with Crippen LogP contribution < -0.4 is 10.1 Å². The van der Waals surface area contributed by atoms with E-state index in [2.05, 4.69) is 5.32 Å². The summed E-state index contributed by atoms with van der Waals surface area (Å²) in [6.07, 6.45) is -0.423. The molecule has 0 spiro atoms. The molecule has 2 saturated heterocycles. The van der Waals surface area contributed by atoms with E-state index < -0.39 is 35.3 Å². The predicted molar refractivity (Wildman–Crippen MR) is 149 cm³/mol. The van der Waals surface area contributed by atoms with Gasteiger partial charge in [-0.15, -0.1) is 0 Å². The molecular weight excluding hydrogens is 550 g/mol. The van der Waals surface area contributed by atoms with Gasteiger partial charge in [0.25, 0.3) is 0 Å². The first-order chi connectivity index (χ1) is 19.9. The van der Waals surface area contributed by atoms with E-state index in [9.17, 15) is 28.0 Å². The summed E-state index contributed by atoms with van der Waals surface area (Å²) in [5, 5.41) is 2.83. The van der Waals surface area contributed by atoms with Gasteiger partial charge >= 0.3 is 0 Å². The molecule has 1 N–H and O–H groups in total. The zero-order valence-corrected chi connectivity index (χ0v) is 24.7. The summed E-state index contributed by atoms with van der Waals surface area (Å²) in [5.74, 6) is -5.03. The zero-order valence-electron chi connectivity index (χ0n) is 24.7. The molecule has 9 nitrogen and oxygen atoms in total. The van der Waals surface area contributed by atoms with Gasteiger partial charge in [-0.3, -0.25) is 24.1 Å². The molecule has 0 radical (unpaired) electrons. The highest BCUT2D eigenvalue weighted by atomic mass is 19.3. The van der Waals surface area contributed by atoms with Crippen molar-refractivity contribution in [3.63, 3.8) is 0 Å². The van der Waals surface area contributed by atoms with Crippen molar-refractivity contribution in [1.29, 1.82) is 0 Å². The van der Waals surface area contributed by atoms with Crippen molar-refractivity contribution in [2.75, 3.05) is 46.6 Å². The summed E-state index contributed by atoms with van der Waals surface area (Å²) >= 11 is 0. The summed E-state index contributed by atoms with van der Waals surface area (Å²) in [7, 11) is 1.54. The third kappa shape index (κ3) is 8.87. The van der Waals surface area contributed by atoms with Crippen LogP contribution in [-0.2, 0) is 35.1 Å². The van der Waals surface area contributed by atoms with Crippen LogP contribution in [0.5, 0.6) is 5.75 Å². The van der Waals surface area contributed by atoms with Gasteiger partial charge in [-0.25, -0.2) is 8.78 Å². The van der Waals surface area contributed by atoms with Crippen LogP contribution in [0, 0.1) is 17.8 Å². The number of halogens is 2. The Labute approximate surface area is 245 Å². The fraction of sp³-hybridized carbons (Fsp3) is 0.677. The quantitative estimate of drug-likeness (QED) is 0.292. The SMILES string of the molecule is COc1ccc(C[C@H](NC(=O)[C@H](C)CC(=O)CN2CCOCC2)C(=O)C[C@@H](CC2CC(F)(F)C2)C(=O)[C@@]2(C)CO2)cc1. The third-order valence-electron chi connectivity index (χ3n) is 8.50. The van der Waals surface area contributed by atoms with E-state index in [1.807, 2.05) is 4.90 Å². The lowest BCUT2D eigenvalue weighted by Gasteiger charge is -2.37. The maximum atomic E-state index is 13.7. The average Bonchev–Trinajstić information content (AvgIpc) is 3.69. The number of nitrogens with zero attached hydrogens (tertiary/aromatic N) is 1. The van der Waals surface area contributed by atoms with Crippen molar-refractivity contribution in [2.45, 2.75) is 69.9 Å². The molecule has 1 saturated carbocycles. The van der Waals surface area contributed by atoms with Crippen molar-refractivity contribution in [3.05, 3.63) is 29.8 Å². The molecule has 2 heterocycles. The van der Waals surface area contributed by atoms with Gasteiger partial charge in [-0.05, 0) is 43.4 Å². The molecule has 3 aliphatic rings. The van der Waals surface area contributed by atoms with Crippen molar-refractivity contribution >= 4 is 23.3 Å². The van der Waals surface area contributed by atoms with Crippen LogP contribution in [0.15, 0.2) is 24.3 Å². The normalized spacial score (nSPS) is 24.1. The van der Waals surface area contributed by atoms with E-state index >= 15 is 0 Å². The fourth-order valence-electron chi connectivity index (χ4n) is 5.77. The lowest BCUT2D eigenvalue weighted by Crippen LogP contribution is -2.47. The summed E-state index contributed by atoms with van der Waals surface area (Å²) in [6, 6.07) is 6.12. The molecule has 1 aliphatic carbocycles. The number of carbonyl (C=O) groups excluding carboxylic acids is 4. The van der Waals surface area contributed by atoms with Crippen molar-refractivity contribution in [2.24, 2.45) is 17.8 Å². The van der Waals surface area contributed by atoms with Crippen LogP contribution in [0.25, 0.3) is 0 Å². The van der Waals surface area contributed by atoms with E-state index in [1.54, 1.807) is 45.2 Å². The highest BCUT2D eigenvalue weighted by Gasteiger charge is 2.52. The van der Waals surface area contributed by atoms with Crippen molar-refractivity contribution in [3.8, 4) is 5.75 Å². The van der Waals surface area contributed by atoms with Gasteiger partial charge < -0.3 is 19.5 Å². The number of epoxide rings is 1. The number of benzene rings is 1. The molecule has 232 valence electrons. The first-order valence-electron chi connectivity index (χ1n) is 14.7. The average molecular weight is 593 g/mol. The van der Waals surface area contributed by atoms with Crippen molar-refractivity contribution < 1.29 is 42.2 Å². The summed E-state index contributed by atoms with van der Waals surface area (Å²) in [4.78, 5) is 54.9. The Morgan fingerprint density at radius 3 is 2.31 bits per heavy atom. The van der Waals surface area contributed by atoms with Gasteiger partial charge in [0.2, 0.25) is 11.8 Å². The molecule has 42 heavy (non-hydrogen) atoms. The maximum absolute atomic E-state index is 13.7. The summed E-state index contributed by atoms with van der Waals surface area (Å²) in [6.45, 7) is 6.22. The molecule has 11 heteroatoms. The molecule has 2 aliphatic heterocycles. The Bertz CT molecular complexity index is 1120.